The van der Waals surface area contributed by atoms with Crippen LogP contribution in [0, 0.1) is 0 Å². The summed E-state index contributed by atoms with van der Waals surface area (Å²) in [6.45, 7) is 3.47. The number of carbonyl (C=O) groups is 1. The molecular weight excluding hydrogens is 542 g/mol. The van der Waals surface area contributed by atoms with Crippen LogP contribution in [0.3, 0.4) is 0 Å². The lowest BCUT2D eigenvalue weighted by molar-refractivity contribution is -0.171. The van der Waals surface area contributed by atoms with Crippen LogP contribution in [0.15, 0.2) is 77.6 Å². The molecule has 0 fully saturated rings. The number of fused-ring (bicyclic) bond motifs is 5. The van der Waals surface area contributed by atoms with Crippen LogP contribution in [0.2, 0.25) is 5.02 Å². The maximum absolute atomic E-state index is 14.0. The van der Waals surface area contributed by atoms with Crippen molar-refractivity contribution >= 4 is 56.2 Å². The van der Waals surface area contributed by atoms with Crippen molar-refractivity contribution in [2.45, 2.75) is 31.7 Å². The Balaban J connectivity index is 1.51. The SMILES string of the molecule is COc1cc2c(c3c1c(=O)c1cc4ccccc4cc1n3C)[C@@H](O)[C@@H](OC(=O)/C=C/c1ccccc1Cl)C(C)(C)O2. The first-order chi connectivity index (χ1) is 19.6. The molecule has 208 valence electrons. The Kier molecular flexibility index (Phi) is 6.52. The molecule has 0 aliphatic carbocycles. The Morgan fingerprint density at radius 3 is 2.46 bits per heavy atom. The first-order valence-corrected chi connectivity index (χ1v) is 13.5. The lowest BCUT2D eigenvalue weighted by Crippen LogP contribution is -2.51. The van der Waals surface area contributed by atoms with Gasteiger partial charge in [-0.05, 0) is 54.5 Å². The van der Waals surface area contributed by atoms with Crippen molar-refractivity contribution < 1.29 is 24.1 Å². The molecule has 0 saturated heterocycles. The number of rotatable bonds is 4. The summed E-state index contributed by atoms with van der Waals surface area (Å²) in [5.41, 5.74) is 0.802. The first-order valence-electron chi connectivity index (χ1n) is 13.2. The van der Waals surface area contributed by atoms with Gasteiger partial charge < -0.3 is 23.9 Å². The smallest absolute Gasteiger partial charge is 0.331 e. The van der Waals surface area contributed by atoms with Crippen molar-refractivity contribution in [1.29, 1.82) is 0 Å². The van der Waals surface area contributed by atoms with E-state index in [0.29, 0.717) is 49.5 Å². The van der Waals surface area contributed by atoms with Crippen molar-refractivity contribution in [1.82, 2.24) is 4.57 Å². The molecular formula is C33H28ClNO6. The number of aryl methyl sites for hydroxylation is 1. The van der Waals surface area contributed by atoms with Gasteiger partial charge in [0.25, 0.3) is 0 Å². The van der Waals surface area contributed by atoms with Crippen LogP contribution in [0.5, 0.6) is 11.5 Å². The molecule has 41 heavy (non-hydrogen) atoms. The molecule has 1 aliphatic heterocycles. The predicted molar refractivity (Wildman–Crippen MR) is 161 cm³/mol. The second kappa shape index (κ2) is 9.94. The zero-order valence-electron chi connectivity index (χ0n) is 23.0. The monoisotopic (exact) mass is 569 g/mol. The van der Waals surface area contributed by atoms with Crippen LogP contribution >= 0.6 is 11.6 Å². The van der Waals surface area contributed by atoms with Gasteiger partial charge in [0.15, 0.2) is 6.10 Å². The van der Waals surface area contributed by atoms with Gasteiger partial charge in [-0.1, -0.05) is 54.1 Å². The molecule has 2 atom stereocenters. The van der Waals surface area contributed by atoms with Crippen LogP contribution in [0.1, 0.15) is 31.1 Å². The maximum atomic E-state index is 14.0. The van der Waals surface area contributed by atoms with Crippen LogP contribution < -0.4 is 14.9 Å². The van der Waals surface area contributed by atoms with Gasteiger partial charge in [-0.3, -0.25) is 4.79 Å². The lowest BCUT2D eigenvalue weighted by atomic mass is 9.86. The number of ether oxygens (including phenoxy) is 3. The number of carbonyl (C=O) groups excluding carboxylic acids is 1. The molecule has 0 saturated carbocycles. The summed E-state index contributed by atoms with van der Waals surface area (Å²) in [7, 11) is 3.32. The number of hydrogen-bond acceptors (Lipinski definition) is 6. The van der Waals surface area contributed by atoms with E-state index in [1.165, 1.54) is 13.2 Å². The summed E-state index contributed by atoms with van der Waals surface area (Å²) in [5.74, 6) is 0.00847. The van der Waals surface area contributed by atoms with Crippen LogP contribution in [-0.4, -0.2) is 34.5 Å². The number of benzene rings is 4. The summed E-state index contributed by atoms with van der Waals surface area (Å²) in [4.78, 5) is 26.9. The standard InChI is InChI=1S/C33H28ClNO6/c1-33(2)32(40-26(36)14-13-18-9-7-8-12-22(18)34)31(38)28-25(41-33)17-24(39-4)27-29(28)35(3)23-16-20-11-6-5-10-19(20)15-21(23)30(27)37/h5-17,31-32,38H,1-4H3/b14-13+/t31-,32-/m1/s1. The average molecular weight is 570 g/mol. The molecule has 6 rings (SSSR count). The molecule has 0 amide bonds. The van der Waals surface area contributed by atoms with Crippen molar-refractivity contribution in [3.8, 4) is 11.5 Å². The van der Waals surface area contributed by atoms with E-state index in [9.17, 15) is 14.7 Å². The Bertz CT molecular complexity index is 1960. The number of aliphatic hydroxyl groups excluding tert-OH is 1. The van der Waals surface area contributed by atoms with E-state index in [0.717, 1.165) is 10.8 Å². The fourth-order valence-electron chi connectivity index (χ4n) is 5.69. The minimum atomic E-state index is -1.30. The second-order valence-corrected chi connectivity index (χ2v) is 11.1. The lowest BCUT2D eigenvalue weighted by Gasteiger charge is -2.42. The quantitative estimate of drug-likeness (QED) is 0.154. The number of hydrogen-bond donors (Lipinski definition) is 1. The first kappa shape index (κ1) is 26.9. The van der Waals surface area contributed by atoms with Gasteiger partial charge in [0.05, 0.1) is 29.1 Å². The molecule has 8 heteroatoms. The minimum absolute atomic E-state index is 0.230. The normalized spacial score (nSPS) is 18.0. The molecule has 1 N–H and O–H groups in total. The predicted octanol–water partition coefficient (Wildman–Crippen LogP) is 6.34. The highest BCUT2D eigenvalue weighted by atomic mass is 35.5. The third kappa shape index (κ3) is 4.42. The number of aromatic nitrogens is 1. The number of pyridine rings is 1. The third-order valence-corrected chi connectivity index (χ3v) is 8.05. The molecule has 7 nitrogen and oxygen atoms in total. The highest BCUT2D eigenvalue weighted by Gasteiger charge is 2.47. The minimum Gasteiger partial charge on any atom is -0.496 e. The summed E-state index contributed by atoms with van der Waals surface area (Å²) in [6, 6.07) is 20.4. The topological polar surface area (TPSA) is 87.0 Å². The Hall–Kier alpha value is -4.33. The molecule has 5 aromatic rings. The number of esters is 1. The van der Waals surface area contributed by atoms with Gasteiger partial charge in [0, 0.05) is 29.6 Å². The second-order valence-electron chi connectivity index (χ2n) is 10.7. The summed E-state index contributed by atoms with van der Waals surface area (Å²) < 4.78 is 19.7. The van der Waals surface area contributed by atoms with E-state index in [1.54, 1.807) is 44.2 Å². The van der Waals surface area contributed by atoms with E-state index in [4.69, 9.17) is 25.8 Å². The number of methoxy groups -OCH3 is 1. The molecule has 0 radical (unpaired) electrons. The van der Waals surface area contributed by atoms with Crippen LogP contribution in [0.4, 0.5) is 0 Å². The molecule has 0 spiro atoms. The fraction of sp³-hybridized carbons (Fsp3) is 0.212. The van der Waals surface area contributed by atoms with E-state index < -0.39 is 23.8 Å². The fourth-order valence-corrected chi connectivity index (χ4v) is 5.89. The molecule has 0 bridgehead atoms. The highest BCUT2D eigenvalue weighted by Crippen LogP contribution is 2.47. The number of halogens is 1. The van der Waals surface area contributed by atoms with Gasteiger partial charge >= 0.3 is 5.97 Å². The van der Waals surface area contributed by atoms with E-state index in [1.807, 2.05) is 54.1 Å². The van der Waals surface area contributed by atoms with Gasteiger partial charge in [0.2, 0.25) is 5.43 Å². The van der Waals surface area contributed by atoms with Gasteiger partial charge in [-0.2, -0.15) is 0 Å². The van der Waals surface area contributed by atoms with Crippen molar-refractivity contribution in [2.75, 3.05) is 7.11 Å². The Labute approximate surface area is 241 Å². The largest absolute Gasteiger partial charge is 0.496 e. The third-order valence-electron chi connectivity index (χ3n) is 7.71. The zero-order chi connectivity index (χ0) is 29.1. The van der Waals surface area contributed by atoms with Crippen molar-refractivity contribution in [2.24, 2.45) is 7.05 Å². The number of nitrogens with zero attached hydrogens (tertiary/aromatic N) is 1. The van der Waals surface area contributed by atoms with Crippen molar-refractivity contribution in [3.63, 3.8) is 0 Å². The van der Waals surface area contributed by atoms with Crippen LogP contribution in [-0.2, 0) is 16.6 Å². The molecule has 4 aromatic carbocycles. The molecule has 2 heterocycles. The summed E-state index contributed by atoms with van der Waals surface area (Å²) in [5, 5.41) is 15.0. The number of aliphatic hydroxyl groups is 1. The molecule has 1 aromatic heterocycles. The van der Waals surface area contributed by atoms with Crippen LogP contribution in [0.25, 0.3) is 38.7 Å². The van der Waals surface area contributed by atoms with E-state index >= 15 is 0 Å². The van der Waals surface area contributed by atoms with E-state index in [-0.39, 0.29) is 5.43 Å². The summed E-state index contributed by atoms with van der Waals surface area (Å²) in [6.07, 6.45) is 0.433. The molecule has 1 aliphatic rings. The Morgan fingerprint density at radius 1 is 1.07 bits per heavy atom. The maximum Gasteiger partial charge on any atom is 0.331 e. The summed E-state index contributed by atoms with van der Waals surface area (Å²) >= 11 is 6.20. The van der Waals surface area contributed by atoms with Crippen molar-refractivity contribution in [3.05, 3.63) is 99.2 Å². The van der Waals surface area contributed by atoms with Gasteiger partial charge in [-0.25, -0.2) is 4.79 Å². The Morgan fingerprint density at radius 2 is 1.76 bits per heavy atom. The molecule has 0 unspecified atom stereocenters. The highest BCUT2D eigenvalue weighted by molar-refractivity contribution is 6.32. The zero-order valence-corrected chi connectivity index (χ0v) is 23.7. The van der Waals surface area contributed by atoms with Gasteiger partial charge in [0.1, 0.15) is 23.2 Å². The average Bonchev–Trinajstić information content (AvgIpc) is 2.95. The van der Waals surface area contributed by atoms with Gasteiger partial charge in [-0.15, -0.1) is 0 Å². The van der Waals surface area contributed by atoms with E-state index in [2.05, 4.69) is 0 Å².